The zero-order valence-electron chi connectivity index (χ0n) is 15.9. The van der Waals surface area contributed by atoms with Crippen LogP contribution < -0.4 is 5.32 Å². The van der Waals surface area contributed by atoms with E-state index < -0.39 is 23.8 Å². The van der Waals surface area contributed by atoms with Gasteiger partial charge in [0.1, 0.15) is 17.0 Å². The van der Waals surface area contributed by atoms with Crippen LogP contribution in [0.3, 0.4) is 0 Å². The minimum Gasteiger partial charge on any atom is -0.450 e. The van der Waals surface area contributed by atoms with E-state index in [9.17, 15) is 13.6 Å². The molecule has 1 unspecified atom stereocenters. The van der Waals surface area contributed by atoms with Crippen molar-refractivity contribution in [2.75, 3.05) is 6.61 Å². The fraction of sp³-hybridized carbons (Fsp3) is 0.300. The molecule has 6 nitrogen and oxygen atoms in total. The minimum absolute atomic E-state index is 0.0970. The number of alkyl carbamates (subject to hydrolysis) is 1. The Morgan fingerprint density at radius 1 is 1.28 bits per heavy atom. The van der Waals surface area contributed by atoms with Gasteiger partial charge >= 0.3 is 6.09 Å². The second kappa shape index (κ2) is 9.09. The molecule has 2 heterocycles. The number of halogens is 3. The van der Waals surface area contributed by atoms with Gasteiger partial charge in [0.15, 0.2) is 5.82 Å². The van der Waals surface area contributed by atoms with Crippen LogP contribution in [-0.4, -0.2) is 27.7 Å². The standard InChI is InChI=1S/C20H19ClF2N4O2/c1-3-4-7-29-20(28)26-11(2)13-5-6-24-18-14(13)8-12(9-15(18)22)17-16(23)10-25-19(21)27-17/h5-6,8-11H,3-4,7H2,1-2H3,(H,26,28). The van der Waals surface area contributed by atoms with Crippen molar-refractivity contribution in [2.24, 2.45) is 0 Å². The van der Waals surface area contributed by atoms with Gasteiger partial charge in [-0.25, -0.2) is 23.5 Å². The van der Waals surface area contributed by atoms with Crippen LogP contribution in [0.2, 0.25) is 5.28 Å². The van der Waals surface area contributed by atoms with Crippen LogP contribution in [-0.2, 0) is 4.74 Å². The zero-order chi connectivity index (χ0) is 21.0. The molecule has 2 aromatic heterocycles. The number of aromatic nitrogens is 3. The van der Waals surface area contributed by atoms with Crippen LogP contribution in [0.15, 0.2) is 30.6 Å². The second-order valence-corrected chi connectivity index (χ2v) is 6.78. The maximum absolute atomic E-state index is 14.7. The zero-order valence-corrected chi connectivity index (χ0v) is 16.6. The normalized spacial score (nSPS) is 12.0. The fourth-order valence-electron chi connectivity index (χ4n) is 2.90. The molecule has 0 aliphatic rings. The highest BCUT2D eigenvalue weighted by atomic mass is 35.5. The second-order valence-electron chi connectivity index (χ2n) is 6.45. The molecule has 29 heavy (non-hydrogen) atoms. The molecule has 0 bridgehead atoms. The van der Waals surface area contributed by atoms with Crippen molar-refractivity contribution in [1.29, 1.82) is 0 Å². The van der Waals surface area contributed by atoms with E-state index in [0.717, 1.165) is 25.1 Å². The van der Waals surface area contributed by atoms with E-state index in [4.69, 9.17) is 16.3 Å². The molecule has 3 rings (SSSR count). The Labute approximate surface area is 171 Å². The van der Waals surface area contributed by atoms with Gasteiger partial charge < -0.3 is 10.1 Å². The summed E-state index contributed by atoms with van der Waals surface area (Å²) in [6.45, 7) is 4.05. The molecule has 1 atom stereocenters. The SMILES string of the molecule is CCCCOC(=O)NC(C)c1ccnc2c(F)cc(-c3nc(Cl)ncc3F)cc12. The van der Waals surface area contributed by atoms with E-state index >= 15 is 0 Å². The van der Waals surface area contributed by atoms with Crippen molar-refractivity contribution >= 4 is 28.6 Å². The number of benzene rings is 1. The maximum atomic E-state index is 14.7. The highest BCUT2D eigenvalue weighted by Gasteiger charge is 2.18. The summed E-state index contributed by atoms with van der Waals surface area (Å²) in [6, 6.07) is 3.86. The molecule has 1 amide bonds. The highest BCUT2D eigenvalue weighted by Crippen LogP contribution is 2.31. The number of fused-ring (bicyclic) bond motifs is 1. The van der Waals surface area contributed by atoms with Crippen molar-refractivity contribution in [3.8, 4) is 11.3 Å². The largest absolute Gasteiger partial charge is 0.450 e. The quantitative estimate of drug-likeness (QED) is 0.437. The average Bonchev–Trinajstić information content (AvgIpc) is 2.69. The number of carbonyl (C=O) groups excluding carboxylic acids is 1. The van der Waals surface area contributed by atoms with Crippen molar-refractivity contribution in [3.63, 3.8) is 0 Å². The maximum Gasteiger partial charge on any atom is 0.407 e. The van der Waals surface area contributed by atoms with Crippen LogP contribution in [0.1, 0.15) is 38.3 Å². The summed E-state index contributed by atoms with van der Waals surface area (Å²) in [4.78, 5) is 23.5. The lowest BCUT2D eigenvalue weighted by atomic mass is 9.99. The number of hydrogen-bond donors (Lipinski definition) is 1. The summed E-state index contributed by atoms with van der Waals surface area (Å²) < 4.78 is 34.0. The number of rotatable bonds is 6. The number of ether oxygens (including phenoxy) is 1. The Morgan fingerprint density at radius 3 is 2.83 bits per heavy atom. The summed E-state index contributed by atoms with van der Waals surface area (Å²) in [5.74, 6) is -1.38. The lowest BCUT2D eigenvalue weighted by molar-refractivity contribution is 0.141. The van der Waals surface area contributed by atoms with Crippen LogP contribution in [0, 0.1) is 11.6 Å². The molecule has 1 N–H and O–H groups in total. The lowest BCUT2D eigenvalue weighted by Gasteiger charge is -2.17. The molecule has 0 saturated carbocycles. The molecule has 0 fully saturated rings. The molecular formula is C20H19ClF2N4O2. The van der Waals surface area contributed by atoms with E-state index in [1.165, 1.54) is 6.20 Å². The predicted molar refractivity (Wildman–Crippen MR) is 106 cm³/mol. The molecule has 0 aliphatic heterocycles. The Morgan fingerprint density at radius 2 is 2.07 bits per heavy atom. The van der Waals surface area contributed by atoms with Gasteiger partial charge in [0.05, 0.1) is 18.8 Å². The Kier molecular flexibility index (Phi) is 6.53. The predicted octanol–water partition coefficient (Wildman–Crippen LogP) is 5.21. The van der Waals surface area contributed by atoms with Crippen LogP contribution in [0.4, 0.5) is 13.6 Å². The van der Waals surface area contributed by atoms with Gasteiger partial charge in [-0.3, -0.25) is 4.98 Å². The summed E-state index contributed by atoms with van der Waals surface area (Å²) >= 11 is 5.76. The van der Waals surface area contributed by atoms with Crippen LogP contribution in [0.25, 0.3) is 22.2 Å². The number of carbonyl (C=O) groups is 1. The van der Waals surface area contributed by atoms with E-state index in [-0.39, 0.29) is 22.1 Å². The number of amides is 1. The first-order valence-electron chi connectivity index (χ1n) is 9.10. The molecule has 0 radical (unpaired) electrons. The summed E-state index contributed by atoms with van der Waals surface area (Å²) in [5, 5.41) is 2.97. The fourth-order valence-corrected chi connectivity index (χ4v) is 3.03. The molecule has 9 heteroatoms. The van der Waals surface area contributed by atoms with Gasteiger partial charge in [-0.05, 0) is 48.7 Å². The van der Waals surface area contributed by atoms with Gasteiger partial charge in [-0.15, -0.1) is 0 Å². The molecule has 0 saturated heterocycles. The van der Waals surface area contributed by atoms with Gasteiger partial charge in [-0.1, -0.05) is 13.3 Å². The van der Waals surface area contributed by atoms with E-state index in [0.29, 0.717) is 17.6 Å². The summed E-state index contributed by atoms with van der Waals surface area (Å²) in [6.07, 6.45) is 3.47. The molecule has 0 spiro atoms. The van der Waals surface area contributed by atoms with Crippen molar-refractivity contribution in [1.82, 2.24) is 20.3 Å². The number of unbranched alkanes of at least 4 members (excludes halogenated alkanes) is 1. The van der Waals surface area contributed by atoms with Crippen LogP contribution >= 0.6 is 11.6 Å². The first-order valence-corrected chi connectivity index (χ1v) is 9.48. The van der Waals surface area contributed by atoms with Gasteiger partial charge in [0.2, 0.25) is 5.28 Å². The average molecular weight is 421 g/mol. The minimum atomic E-state index is -0.732. The smallest absolute Gasteiger partial charge is 0.407 e. The van der Waals surface area contributed by atoms with Gasteiger partial charge in [0.25, 0.3) is 0 Å². The van der Waals surface area contributed by atoms with E-state index in [1.807, 2.05) is 6.92 Å². The molecule has 1 aromatic carbocycles. The number of nitrogens with one attached hydrogen (secondary N) is 1. The highest BCUT2D eigenvalue weighted by molar-refractivity contribution is 6.28. The third-order valence-electron chi connectivity index (χ3n) is 4.35. The van der Waals surface area contributed by atoms with E-state index in [1.54, 1.807) is 19.1 Å². The monoisotopic (exact) mass is 420 g/mol. The lowest BCUT2D eigenvalue weighted by Crippen LogP contribution is -2.27. The molecular weight excluding hydrogens is 402 g/mol. The van der Waals surface area contributed by atoms with Crippen LogP contribution in [0.5, 0.6) is 0 Å². The molecule has 152 valence electrons. The van der Waals surface area contributed by atoms with Crippen molar-refractivity contribution < 1.29 is 18.3 Å². The Balaban J connectivity index is 1.99. The number of hydrogen-bond acceptors (Lipinski definition) is 5. The third-order valence-corrected chi connectivity index (χ3v) is 4.53. The van der Waals surface area contributed by atoms with Gasteiger partial charge in [-0.2, -0.15) is 0 Å². The molecule has 3 aromatic rings. The Hall–Kier alpha value is -2.87. The number of pyridine rings is 1. The Bertz CT molecular complexity index is 1050. The van der Waals surface area contributed by atoms with Crippen molar-refractivity contribution in [3.05, 3.63) is 53.1 Å². The van der Waals surface area contributed by atoms with Gasteiger partial charge in [0, 0.05) is 17.1 Å². The topological polar surface area (TPSA) is 77.0 Å². The summed E-state index contributed by atoms with van der Waals surface area (Å²) in [5.41, 5.74) is 0.757. The van der Waals surface area contributed by atoms with E-state index in [2.05, 4.69) is 20.3 Å². The number of nitrogens with zero attached hydrogens (tertiary/aromatic N) is 3. The summed E-state index contributed by atoms with van der Waals surface area (Å²) in [7, 11) is 0. The molecule has 0 aliphatic carbocycles. The third kappa shape index (κ3) is 4.76. The first-order chi connectivity index (χ1) is 13.9. The first kappa shape index (κ1) is 20.9. The van der Waals surface area contributed by atoms with Crippen molar-refractivity contribution in [2.45, 2.75) is 32.7 Å².